The molecule has 0 radical (unpaired) electrons. The van der Waals surface area contributed by atoms with Crippen molar-refractivity contribution in [3.8, 4) is 0 Å². The number of nitrogens with zero attached hydrogens (tertiary/aromatic N) is 1. The molecule has 0 aliphatic carbocycles. The van der Waals surface area contributed by atoms with Crippen molar-refractivity contribution in [2.45, 2.75) is 39.5 Å². The van der Waals surface area contributed by atoms with Crippen LogP contribution in [0.3, 0.4) is 0 Å². The van der Waals surface area contributed by atoms with Crippen LogP contribution >= 0.6 is 0 Å². The van der Waals surface area contributed by atoms with Gasteiger partial charge >= 0.3 is 0 Å². The van der Waals surface area contributed by atoms with Crippen molar-refractivity contribution in [3.63, 3.8) is 0 Å². The van der Waals surface area contributed by atoms with Gasteiger partial charge in [0.2, 0.25) is 0 Å². The third-order valence-corrected chi connectivity index (χ3v) is 3.83. The van der Waals surface area contributed by atoms with Gasteiger partial charge in [0.25, 0.3) is 0 Å². The highest BCUT2D eigenvalue weighted by molar-refractivity contribution is 4.69. The molecule has 18 heavy (non-hydrogen) atoms. The van der Waals surface area contributed by atoms with Gasteiger partial charge in [-0.2, -0.15) is 0 Å². The third kappa shape index (κ3) is 8.06. The molecule has 0 aromatic heterocycles. The minimum atomic E-state index is 0.752. The normalized spacial score (nSPS) is 17.8. The highest BCUT2D eigenvalue weighted by Crippen LogP contribution is 2.15. The van der Waals surface area contributed by atoms with E-state index in [9.17, 15) is 0 Å². The van der Waals surface area contributed by atoms with E-state index in [0.717, 1.165) is 31.6 Å². The number of piperidine rings is 1. The van der Waals surface area contributed by atoms with E-state index in [4.69, 9.17) is 4.74 Å². The predicted molar refractivity (Wildman–Crippen MR) is 78.0 cm³/mol. The Balaban J connectivity index is 1.91. The maximum atomic E-state index is 5.66. The monoisotopic (exact) mass is 256 g/mol. The molecular formula is C15H32N2O. The highest BCUT2D eigenvalue weighted by Gasteiger charge is 2.13. The zero-order valence-electron chi connectivity index (χ0n) is 12.6. The fourth-order valence-corrected chi connectivity index (χ4v) is 2.33. The summed E-state index contributed by atoms with van der Waals surface area (Å²) < 4.78 is 5.66. The molecule has 1 heterocycles. The van der Waals surface area contributed by atoms with E-state index in [2.05, 4.69) is 31.1 Å². The van der Waals surface area contributed by atoms with Crippen molar-refractivity contribution in [2.75, 3.05) is 46.4 Å². The Morgan fingerprint density at radius 3 is 2.56 bits per heavy atom. The first-order valence-electron chi connectivity index (χ1n) is 7.65. The SMILES string of the molecule is CC(C)CCOCCN(C)CCC1CCNCC1. The molecule has 3 heteroatoms. The first-order valence-corrected chi connectivity index (χ1v) is 7.65. The number of hydrogen-bond acceptors (Lipinski definition) is 3. The second-order valence-corrected chi connectivity index (χ2v) is 6.08. The molecule has 0 unspecified atom stereocenters. The summed E-state index contributed by atoms with van der Waals surface area (Å²) in [5.41, 5.74) is 0. The first kappa shape index (κ1) is 15.9. The molecule has 0 saturated carbocycles. The molecule has 108 valence electrons. The second-order valence-electron chi connectivity index (χ2n) is 6.08. The quantitative estimate of drug-likeness (QED) is 0.641. The number of nitrogens with one attached hydrogen (secondary N) is 1. The predicted octanol–water partition coefficient (Wildman–Crippen LogP) is 2.37. The lowest BCUT2D eigenvalue weighted by molar-refractivity contribution is 0.101. The molecule has 0 bridgehead atoms. The van der Waals surface area contributed by atoms with Crippen LogP contribution in [-0.4, -0.2) is 51.3 Å². The molecule has 1 rings (SSSR count). The minimum absolute atomic E-state index is 0.752. The molecule has 1 aliphatic rings. The lowest BCUT2D eigenvalue weighted by Crippen LogP contribution is -2.31. The van der Waals surface area contributed by atoms with E-state index in [-0.39, 0.29) is 0 Å². The Morgan fingerprint density at radius 1 is 1.17 bits per heavy atom. The van der Waals surface area contributed by atoms with Gasteiger partial charge in [-0.3, -0.25) is 0 Å². The van der Waals surface area contributed by atoms with E-state index in [1.807, 2.05) is 0 Å². The Morgan fingerprint density at radius 2 is 1.89 bits per heavy atom. The molecule has 0 atom stereocenters. The van der Waals surface area contributed by atoms with Crippen LogP contribution in [-0.2, 0) is 4.74 Å². The van der Waals surface area contributed by atoms with E-state index in [0.29, 0.717) is 0 Å². The number of hydrogen-bond donors (Lipinski definition) is 1. The Bertz CT molecular complexity index is 191. The summed E-state index contributed by atoms with van der Waals surface area (Å²) in [5.74, 6) is 1.69. The summed E-state index contributed by atoms with van der Waals surface area (Å²) in [4.78, 5) is 2.41. The van der Waals surface area contributed by atoms with Crippen LogP contribution in [0.25, 0.3) is 0 Å². The average molecular weight is 256 g/mol. The molecular weight excluding hydrogens is 224 g/mol. The maximum Gasteiger partial charge on any atom is 0.0593 e. The first-order chi connectivity index (χ1) is 8.68. The number of likely N-dealkylation sites (N-methyl/N-ethyl adjacent to an activating group) is 1. The van der Waals surface area contributed by atoms with Gasteiger partial charge in [-0.25, -0.2) is 0 Å². The van der Waals surface area contributed by atoms with Crippen molar-refractivity contribution in [1.82, 2.24) is 10.2 Å². The fraction of sp³-hybridized carbons (Fsp3) is 1.00. The molecule has 0 aromatic rings. The van der Waals surface area contributed by atoms with E-state index >= 15 is 0 Å². The Hall–Kier alpha value is -0.120. The molecule has 0 amide bonds. The highest BCUT2D eigenvalue weighted by atomic mass is 16.5. The summed E-state index contributed by atoms with van der Waals surface area (Å²) in [5, 5.41) is 3.43. The van der Waals surface area contributed by atoms with Gasteiger partial charge in [0.15, 0.2) is 0 Å². The molecule has 0 spiro atoms. The van der Waals surface area contributed by atoms with Crippen LogP contribution in [0.1, 0.15) is 39.5 Å². The zero-order valence-corrected chi connectivity index (χ0v) is 12.6. The van der Waals surface area contributed by atoms with Crippen molar-refractivity contribution in [3.05, 3.63) is 0 Å². The molecule has 1 saturated heterocycles. The smallest absolute Gasteiger partial charge is 0.0593 e. The van der Waals surface area contributed by atoms with Crippen molar-refractivity contribution >= 4 is 0 Å². The number of ether oxygens (including phenoxy) is 1. The molecule has 0 aromatic carbocycles. The molecule has 1 N–H and O–H groups in total. The van der Waals surface area contributed by atoms with Crippen LogP contribution in [0.15, 0.2) is 0 Å². The van der Waals surface area contributed by atoms with Gasteiger partial charge in [0.05, 0.1) is 6.61 Å². The van der Waals surface area contributed by atoms with Gasteiger partial charge in [-0.1, -0.05) is 13.8 Å². The maximum absolute atomic E-state index is 5.66. The second kappa shape index (κ2) is 9.76. The Kier molecular flexibility index (Phi) is 8.64. The number of rotatable bonds is 9. The summed E-state index contributed by atoms with van der Waals surface area (Å²) in [7, 11) is 2.22. The standard InChI is InChI=1S/C15H32N2O/c1-14(2)7-12-18-13-11-17(3)10-6-15-4-8-16-9-5-15/h14-16H,4-13H2,1-3H3. The minimum Gasteiger partial charge on any atom is -0.380 e. The largest absolute Gasteiger partial charge is 0.380 e. The molecule has 1 aliphatic heterocycles. The van der Waals surface area contributed by atoms with Crippen molar-refractivity contribution < 1.29 is 4.74 Å². The summed E-state index contributed by atoms with van der Waals surface area (Å²) in [6, 6.07) is 0. The molecule has 1 fully saturated rings. The van der Waals surface area contributed by atoms with E-state index < -0.39 is 0 Å². The van der Waals surface area contributed by atoms with Gasteiger partial charge < -0.3 is 15.0 Å². The molecule has 3 nitrogen and oxygen atoms in total. The van der Waals surface area contributed by atoms with Gasteiger partial charge in [0, 0.05) is 13.2 Å². The summed E-state index contributed by atoms with van der Waals surface area (Å²) in [6.07, 6.45) is 5.25. The van der Waals surface area contributed by atoms with Crippen molar-refractivity contribution in [2.24, 2.45) is 11.8 Å². The fourth-order valence-electron chi connectivity index (χ4n) is 2.33. The Labute approximate surface area is 113 Å². The summed E-state index contributed by atoms with van der Waals surface area (Å²) >= 11 is 0. The lowest BCUT2D eigenvalue weighted by Gasteiger charge is -2.25. The van der Waals surface area contributed by atoms with Gasteiger partial charge in [-0.05, 0) is 64.2 Å². The van der Waals surface area contributed by atoms with E-state index in [1.165, 1.54) is 45.3 Å². The summed E-state index contributed by atoms with van der Waals surface area (Å²) in [6.45, 7) is 11.0. The topological polar surface area (TPSA) is 24.5 Å². The van der Waals surface area contributed by atoms with Crippen LogP contribution in [0.2, 0.25) is 0 Å². The van der Waals surface area contributed by atoms with Crippen LogP contribution in [0.4, 0.5) is 0 Å². The average Bonchev–Trinajstić information content (AvgIpc) is 2.37. The third-order valence-electron chi connectivity index (χ3n) is 3.83. The van der Waals surface area contributed by atoms with Crippen LogP contribution in [0, 0.1) is 11.8 Å². The van der Waals surface area contributed by atoms with Gasteiger partial charge in [-0.15, -0.1) is 0 Å². The van der Waals surface area contributed by atoms with E-state index in [1.54, 1.807) is 0 Å². The van der Waals surface area contributed by atoms with Crippen molar-refractivity contribution in [1.29, 1.82) is 0 Å². The zero-order chi connectivity index (χ0) is 13.2. The lowest BCUT2D eigenvalue weighted by atomic mass is 9.94. The van der Waals surface area contributed by atoms with Crippen LogP contribution < -0.4 is 5.32 Å². The van der Waals surface area contributed by atoms with Gasteiger partial charge in [0.1, 0.15) is 0 Å². The van der Waals surface area contributed by atoms with Crippen LogP contribution in [0.5, 0.6) is 0 Å².